The SMILES string of the molecule is CCC(C)C(=O)OCC1CCCN1c1ccc([N+](=O)[O-])cc1. The first-order valence-electron chi connectivity index (χ1n) is 7.70. The van der Waals surface area contributed by atoms with Crippen molar-refractivity contribution in [2.24, 2.45) is 5.92 Å². The molecule has 2 unspecified atom stereocenters. The lowest BCUT2D eigenvalue weighted by molar-refractivity contribution is -0.384. The minimum absolute atomic E-state index is 0.0748. The van der Waals surface area contributed by atoms with Gasteiger partial charge in [0.25, 0.3) is 5.69 Å². The zero-order valence-electron chi connectivity index (χ0n) is 13.0. The van der Waals surface area contributed by atoms with Gasteiger partial charge in [0.05, 0.1) is 16.9 Å². The third kappa shape index (κ3) is 3.75. The second-order valence-corrected chi connectivity index (χ2v) is 5.70. The zero-order valence-corrected chi connectivity index (χ0v) is 13.0. The number of non-ortho nitro benzene ring substituents is 1. The molecule has 1 aromatic carbocycles. The Morgan fingerprint density at radius 3 is 2.73 bits per heavy atom. The van der Waals surface area contributed by atoms with Gasteiger partial charge in [-0.1, -0.05) is 13.8 Å². The molecule has 0 aromatic heterocycles. The Morgan fingerprint density at radius 1 is 1.45 bits per heavy atom. The lowest BCUT2D eigenvalue weighted by Gasteiger charge is -2.26. The summed E-state index contributed by atoms with van der Waals surface area (Å²) in [6.45, 7) is 5.08. The molecule has 2 atom stereocenters. The van der Waals surface area contributed by atoms with Gasteiger partial charge in [-0.15, -0.1) is 0 Å². The summed E-state index contributed by atoms with van der Waals surface area (Å²) in [5, 5.41) is 10.7. The van der Waals surface area contributed by atoms with Crippen LogP contribution in [-0.2, 0) is 9.53 Å². The van der Waals surface area contributed by atoms with Crippen LogP contribution in [0.3, 0.4) is 0 Å². The van der Waals surface area contributed by atoms with Crippen molar-refractivity contribution in [2.45, 2.75) is 39.2 Å². The monoisotopic (exact) mass is 306 g/mol. The van der Waals surface area contributed by atoms with Crippen LogP contribution in [0.25, 0.3) is 0 Å². The summed E-state index contributed by atoms with van der Waals surface area (Å²) >= 11 is 0. The number of carbonyl (C=O) groups is 1. The van der Waals surface area contributed by atoms with Crippen molar-refractivity contribution in [3.05, 3.63) is 34.4 Å². The van der Waals surface area contributed by atoms with Crippen LogP contribution in [0.4, 0.5) is 11.4 Å². The molecule has 1 aliphatic heterocycles. The molecular formula is C16H22N2O4. The molecule has 6 nitrogen and oxygen atoms in total. The molecule has 0 spiro atoms. The lowest BCUT2D eigenvalue weighted by atomic mass is 10.1. The summed E-state index contributed by atoms with van der Waals surface area (Å²) in [5.74, 6) is -0.229. The Hall–Kier alpha value is -2.11. The maximum absolute atomic E-state index is 11.8. The van der Waals surface area contributed by atoms with Crippen LogP contribution in [0.15, 0.2) is 24.3 Å². The molecule has 1 saturated heterocycles. The highest BCUT2D eigenvalue weighted by Gasteiger charge is 2.27. The maximum Gasteiger partial charge on any atom is 0.308 e. The molecule has 0 saturated carbocycles. The van der Waals surface area contributed by atoms with Gasteiger partial charge in [0, 0.05) is 24.4 Å². The van der Waals surface area contributed by atoms with E-state index in [0.29, 0.717) is 6.61 Å². The topological polar surface area (TPSA) is 72.7 Å². The van der Waals surface area contributed by atoms with Gasteiger partial charge in [-0.2, -0.15) is 0 Å². The number of hydrogen-bond acceptors (Lipinski definition) is 5. The molecule has 1 aromatic rings. The molecule has 0 N–H and O–H groups in total. The highest BCUT2D eigenvalue weighted by molar-refractivity contribution is 5.72. The minimum atomic E-state index is -0.404. The average Bonchev–Trinajstić information content (AvgIpc) is 3.00. The number of esters is 1. The number of carbonyl (C=O) groups excluding carboxylic acids is 1. The van der Waals surface area contributed by atoms with Crippen LogP contribution in [0.2, 0.25) is 0 Å². The van der Waals surface area contributed by atoms with E-state index < -0.39 is 4.92 Å². The fourth-order valence-corrected chi connectivity index (χ4v) is 2.60. The van der Waals surface area contributed by atoms with E-state index in [1.165, 1.54) is 12.1 Å². The first-order chi connectivity index (χ1) is 10.5. The molecule has 2 rings (SSSR count). The van der Waals surface area contributed by atoms with Crippen molar-refractivity contribution in [2.75, 3.05) is 18.1 Å². The molecule has 1 aliphatic rings. The number of benzene rings is 1. The van der Waals surface area contributed by atoms with E-state index in [4.69, 9.17) is 4.74 Å². The summed E-state index contributed by atoms with van der Waals surface area (Å²) < 4.78 is 5.40. The molecule has 22 heavy (non-hydrogen) atoms. The molecule has 6 heteroatoms. The van der Waals surface area contributed by atoms with Crippen LogP contribution in [0, 0.1) is 16.0 Å². The van der Waals surface area contributed by atoms with Crippen molar-refractivity contribution >= 4 is 17.3 Å². The van der Waals surface area contributed by atoms with E-state index >= 15 is 0 Å². The number of nitro groups is 1. The number of rotatable bonds is 6. The van der Waals surface area contributed by atoms with Crippen LogP contribution in [0.5, 0.6) is 0 Å². The van der Waals surface area contributed by atoms with Crippen molar-refractivity contribution in [1.82, 2.24) is 0 Å². The molecule has 0 amide bonds. The summed E-state index contributed by atoms with van der Waals surface area (Å²) in [7, 11) is 0. The summed E-state index contributed by atoms with van der Waals surface area (Å²) in [5.41, 5.74) is 1.02. The smallest absolute Gasteiger partial charge is 0.308 e. The Bertz CT molecular complexity index is 529. The van der Waals surface area contributed by atoms with E-state index in [1.807, 2.05) is 13.8 Å². The third-order valence-corrected chi connectivity index (χ3v) is 4.20. The van der Waals surface area contributed by atoms with Crippen molar-refractivity contribution in [3.8, 4) is 0 Å². The largest absolute Gasteiger partial charge is 0.463 e. The highest BCUT2D eigenvalue weighted by Crippen LogP contribution is 2.27. The van der Waals surface area contributed by atoms with E-state index in [-0.39, 0.29) is 23.6 Å². The van der Waals surface area contributed by atoms with Gasteiger partial charge >= 0.3 is 5.97 Å². The number of anilines is 1. The van der Waals surface area contributed by atoms with Crippen LogP contribution in [0.1, 0.15) is 33.1 Å². The Labute approximate surface area is 130 Å². The van der Waals surface area contributed by atoms with Gasteiger partial charge in [0.1, 0.15) is 6.61 Å². The van der Waals surface area contributed by atoms with Crippen LogP contribution in [-0.4, -0.2) is 30.1 Å². The molecular weight excluding hydrogens is 284 g/mol. The third-order valence-electron chi connectivity index (χ3n) is 4.20. The van der Waals surface area contributed by atoms with E-state index in [9.17, 15) is 14.9 Å². The van der Waals surface area contributed by atoms with Gasteiger partial charge < -0.3 is 9.64 Å². The molecule has 0 bridgehead atoms. The van der Waals surface area contributed by atoms with Crippen LogP contribution >= 0.6 is 0 Å². The Morgan fingerprint density at radius 2 is 2.14 bits per heavy atom. The first-order valence-corrected chi connectivity index (χ1v) is 7.70. The standard InChI is InChI=1S/C16H22N2O4/c1-3-12(2)16(19)22-11-15-5-4-10-17(15)13-6-8-14(9-7-13)18(20)21/h6-9,12,15H,3-5,10-11H2,1-2H3. The quantitative estimate of drug-likeness (QED) is 0.458. The summed E-state index contributed by atoms with van der Waals surface area (Å²) in [6.07, 6.45) is 2.77. The van der Waals surface area contributed by atoms with Crippen molar-refractivity contribution in [3.63, 3.8) is 0 Å². The molecule has 120 valence electrons. The minimum Gasteiger partial charge on any atom is -0.463 e. The van der Waals surface area contributed by atoms with Gasteiger partial charge in [-0.05, 0) is 31.4 Å². The summed E-state index contributed by atoms with van der Waals surface area (Å²) in [4.78, 5) is 24.2. The molecule has 1 heterocycles. The molecule has 1 fully saturated rings. The fourth-order valence-electron chi connectivity index (χ4n) is 2.60. The maximum atomic E-state index is 11.8. The van der Waals surface area contributed by atoms with Gasteiger partial charge in [-0.25, -0.2) is 0 Å². The predicted octanol–water partition coefficient (Wildman–Crippen LogP) is 3.15. The molecule has 0 radical (unpaired) electrons. The second kappa shape index (κ2) is 7.24. The average molecular weight is 306 g/mol. The van der Waals surface area contributed by atoms with Gasteiger partial charge in [0.15, 0.2) is 0 Å². The number of ether oxygens (including phenoxy) is 1. The van der Waals surface area contributed by atoms with E-state index in [1.54, 1.807) is 12.1 Å². The number of nitrogens with zero attached hydrogens (tertiary/aromatic N) is 2. The summed E-state index contributed by atoms with van der Waals surface area (Å²) in [6, 6.07) is 6.68. The zero-order chi connectivity index (χ0) is 16.1. The van der Waals surface area contributed by atoms with Gasteiger partial charge in [0.2, 0.25) is 0 Å². The highest BCUT2D eigenvalue weighted by atomic mass is 16.6. The lowest BCUT2D eigenvalue weighted by Crippen LogP contribution is -2.34. The van der Waals surface area contributed by atoms with Gasteiger partial charge in [-0.3, -0.25) is 14.9 Å². The van der Waals surface area contributed by atoms with Crippen LogP contribution < -0.4 is 4.90 Å². The predicted molar refractivity (Wildman–Crippen MR) is 83.9 cm³/mol. The van der Waals surface area contributed by atoms with Crippen molar-refractivity contribution < 1.29 is 14.5 Å². The van der Waals surface area contributed by atoms with Crippen molar-refractivity contribution in [1.29, 1.82) is 0 Å². The Kier molecular flexibility index (Phi) is 5.35. The van der Waals surface area contributed by atoms with E-state index in [0.717, 1.165) is 31.5 Å². The van der Waals surface area contributed by atoms with E-state index in [2.05, 4.69) is 4.90 Å². The normalized spacial score (nSPS) is 19.0. The number of hydrogen-bond donors (Lipinski definition) is 0. The molecule has 0 aliphatic carbocycles. The number of nitro benzene ring substituents is 1. The first kappa shape index (κ1) is 16.3. The fraction of sp³-hybridized carbons (Fsp3) is 0.562. The second-order valence-electron chi connectivity index (χ2n) is 5.70. The Balaban J connectivity index is 1.98.